The molecule has 3 aliphatic rings. The molecule has 250 valence electrons. The van der Waals surface area contributed by atoms with Crippen LogP contribution in [0.15, 0.2) is 60.0 Å². The van der Waals surface area contributed by atoms with Crippen LogP contribution in [0, 0.1) is 18.0 Å². The van der Waals surface area contributed by atoms with Gasteiger partial charge in [-0.2, -0.15) is 26.3 Å². The van der Waals surface area contributed by atoms with Gasteiger partial charge in [0.15, 0.2) is 12.1 Å². The van der Waals surface area contributed by atoms with E-state index in [4.69, 9.17) is 9.47 Å². The van der Waals surface area contributed by atoms with Gasteiger partial charge >= 0.3 is 18.3 Å². The number of halogens is 6. The van der Waals surface area contributed by atoms with E-state index in [1.807, 2.05) is 4.90 Å². The number of benzene rings is 2. The minimum Gasteiger partial charge on any atom is -0.758 e. The third-order valence-electron chi connectivity index (χ3n) is 8.45. The van der Waals surface area contributed by atoms with Gasteiger partial charge in [-0.1, -0.05) is 24.3 Å². The lowest BCUT2D eigenvalue weighted by Gasteiger charge is -2.47. The van der Waals surface area contributed by atoms with Crippen molar-refractivity contribution < 1.29 is 40.6 Å². The zero-order valence-corrected chi connectivity index (χ0v) is 25.3. The summed E-state index contributed by atoms with van der Waals surface area (Å²) >= 11 is 0. The highest BCUT2D eigenvalue weighted by Crippen LogP contribution is 2.39. The summed E-state index contributed by atoms with van der Waals surface area (Å²) in [5, 5.41) is 21.3. The number of carbonyl (C=O) groups excluding carboxylic acids is 1. The first-order valence-electron chi connectivity index (χ1n) is 15.0. The highest BCUT2D eigenvalue weighted by Gasteiger charge is 2.39. The molecule has 8 nitrogen and oxygen atoms in total. The van der Waals surface area contributed by atoms with Crippen molar-refractivity contribution in [3.8, 4) is 0 Å². The summed E-state index contributed by atoms with van der Waals surface area (Å²) in [6.07, 6.45) is -8.64. The van der Waals surface area contributed by atoms with E-state index in [0.29, 0.717) is 54.3 Å². The number of esters is 1. The van der Waals surface area contributed by atoms with Gasteiger partial charge in [0.2, 0.25) is 0 Å². The Morgan fingerprint density at radius 3 is 2.30 bits per heavy atom. The normalized spacial score (nSPS) is 23.0. The van der Waals surface area contributed by atoms with E-state index in [1.165, 1.54) is 0 Å². The summed E-state index contributed by atoms with van der Waals surface area (Å²) in [6, 6.07) is 7.22. The molecule has 0 aliphatic carbocycles. The second-order valence-corrected chi connectivity index (χ2v) is 11.5. The minimum atomic E-state index is -5.03. The molecule has 0 bridgehead atoms. The van der Waals surface area contributed by atoms with Crippen LogP contribution in [0.3, 0.4) is 0 Å². The molecule has 1 fully saturated rings. The molecule has 3 aliphatic heterocycles. The molecule has 2 aromatic carbocycles. The lowest BCUT2D eigenvalue weighted by molar-refractivity contribution is -0.150. The van der Waals surface area contributed by atoms with Gasteiger partial charge in [0, 0.05) is 36.9 Å². The SMILES string of the molecule is CCOC(=O)C1CCN(C2/C=C(/c3ccccc3C)N([O-])C(Cc3cc(C(F)(F)F)cc(C(F)(F)F)c3)C3=C(NCNC3)O2)CC1. The van der Waals surface area contributed by atoms with Gasteiger partial charge in [0.05, 0.1) is 30.3 Å². The molecular formula is C32H35F6N4O4-. The number of hydroxylamine groups is 2. The van der Waals surface area contributed by atoms with Crippen LogP contribution < -0.4 is 10.6 Å². The average Bonchev–Trinajstić information content (AvgIpc) is 3.01. The van der Waals surface area contributed by atoms with E-state index >= 15 is 0 Å². The van der Waals surface area contributed by atoms with Crippen LogP contribution in [0.25, 0.3) is 5.70 Å². The molecule has 2 aromatic rings. The van der Waals surface area contributed by atoms with E-state index in [1.54, 1.807) is 44.2 Å². The number of alkyl halides is 6. The van der Waals surface area contributed by atoms with E-state index in [9.17, 15) is 36.3 Å². The standard InChI is InChI=1S/C32H35F6N4O4/c1-3-45-30(43)21-8-10-41(11-9-21)28-16-27(24-7-5-4-6-19(24)2)42(44)26(25-17-39-18-40-29(25)46-28)14-20-12-22(31(33,34)35)15-23(13-20)32(36,37)38/h4-7,12-13,15-16,21,26,28,39-40H,3,8-11,14,17-18H2,1-2H3/q-1/b27-16-. The Bertz CT molecular complexity index is 1450. The van der Waals surface area contributed by atoms with Crippen LogP contribution in [0.5, 0.6) is 0 Å². The van der Waals surface area contributed by atoms with Crippen LogP contribution in [-0.2, 0) is 33.0 Å². The van der Waals surface area contributed by atoms with Crippen LogP contribution in [-0.4, -0.2) is 61.1 Å². The number of carbonyl (C=O) groups is 1. The van der Waals surface area contributed by atoms with Crippen molar-refractivity contribution in [1.82, 2.24) is 20.6 Å². The minimum absolute atomic E-state index is 0.0719. The molecular weight excluding hydrogens is 618 g/mol. The second-order valence-electron chi connectivity index (χ2n) is 11.5. The summed E-state index contributed by atoms with van der Waals surface area (Å²) in [5.41, 5.74) is -1.40. The van der Waals surface area contributed by atoms with Crippen molar-refractivity contribution in [2.45, 2.75) is 57.7 Å². The van der Waals surface area contributed by atoms with Crippen LogP contribution in [0.2, 0.25) is 0 Å². The summed E-state index contributed by atoms with van der Waals surface area (Å²) in [6.45, 7) is 5.11. The van der Waals surface area contributed by atoms with Crippen LogP contribution in [0.1, 0.15) is 47.6 Å². The predicted molar refractivity (Wildman–Crippen MR) is 157 cm³/mol. The maximum Gasteiger partial charge on any atom is 0.416 e. The van der Waals surface area contributed by atoms with Crippen molar-refractivity contribution in [1.29, 1.82) is 0 Å². The van der Waals surface area contributed by atoms with Gasteiger partial charge in [-0.15, -0.1) is 0 Å². The Morgan fingerprint density at radius 1 is 1.04 bits per heavy atom. The van der Waals surface area contributed by atoms with Gasteiger partial charge in [-0.05, 0) is 74.1 Å². The third-order valence-corrected chi connectivity index (χ3v) is 8.45. The molecule has 0 saturated carbocycles. The number of likely N-dealkylation sites (tertiary alicyclic amines) is 1. The first-order chi connectivity index (χ1) is 21.8. The van der Waals surface area contributed by atoms with Crippen molar-refractivity contribution >= 4 is 11.7 Å². The highest BCUT2D eigenvalue weighted by atomic mass is 19.4. The Balaban J connectivity index is 1.57. The summed E-state index contributed by atoms with van der Waals surface area (Å²) < 4.78 is 93.9. The second kappa shape index (κ2) is 13.5. The van der Waals surface area contributed by atoms with Crippen molar-refractivity contribution in [2.24, 2.45) is 5.92 Å². The lowest BCUT2D eigenvalue weighted by atomic mass is 9.92. The fourth-order valence-corrected chi connectivity index (χ4v) is 6.06. The first-order valence-corrected chi connectivity index (χ1v) is 15.0. The number of piperidine rings is 1. The molecule has 2 atom stereocenters. The molecule has 14 heteroatoms. The maximum atomic E-state index is 14.5. The molecule has 46 heavy (non-hydrogen) atoms. The van der Waals surface area contributed by atoms with E-state index in [-0.39, 0.29) is 54.9 Å². The molecule has 0 radical (unpaired) electrons. The number of hydrogen-bond acceptors (Lipinski definition) is 8. The van der Waals surface area contributed by atoms with Crippen molar-refractivity contribution in [3.63, 3.8) is 0 Å². The number of rotatable bonds is 6. The Kier molecular flexibility index (Phi) is 9.89. The zero-order chi connectivity index (χ0) is 33.2. The number of nitrogens with one attached hydrogen (secondary N) is 2. The highest BCUT2D eigenvalue weighted by molar-refractivity contribution is 5.72. The topological polar surface area (TPSA) is 89.1 Å². The summed E-state index contributed by atoms with van der Waals surface area (Å²) in [4.78, 5) is 14.3. The fraction of sp³-hybridized carbons (Fsp3) is 0.469. The van der Waals surface area contributed by atoms with Gasteiger partial charge in [0.25, 0.3) is 0 Å². The van der Waals surface area contributed by atoms with E-state index in [0.717, 1.165) is 5.56 Å². The zero-order valence-electron chi connectivity index (χ0n) is 25.3. The predicted octanol–water partition coefficient (Wildman–Crippen LogP) is 5.78. The molecule has 2 unspecified atom stereocenters. The average molecular weight is 654 g/mol. The Hall–Kier alpha value is -3.75. The van der Waals surface area contributed by atoms with Crippen molar-refractivity contribution in [3.05, 3.63) is 93.0 Å². The maximum absolute atomic E-state index is 14.5. The fourth-order valence-electron chi connectivity index (χ4n) is 6.06. The van der Waals surface area contributed by atoms with E-state index in [2.05, 4.69) is 10.6 Å². The summed E-state index contributed by atoms with van der Waals surface area (Å²) in [7, 11) is 0. The van der Waals surface area contributed by atoms with Gasteiger partial charge in [-0.3, -0.25) is 15.0 Å². The van der Waals surface area contributed by atoms with Gasteiger partial charge in [-0.25, -0.2) is 0 Å². The molecule has 3 heterocycles. The number of ether oxygens (including phenoxy) is 2. The number of aryl methyl sites for hydroxylation is 1. The molecule has 0 amide bonds. The largest absolute Gasteiger partial charge is 0.758 e. The molecule has 1 saturated heterocycles. The smallest absolute Gasteiger partial charge is 0.416 e. The van der Waals surface area contributed by atoms with Gasteiger partial charge < -0.3 is 25.1 Å². The lowest BCUT2D eigenvalue weighted by Crippen LogP contribution is -2.50. The monoisotopic (exact) mass is 653 g/mol. The molecule has 0 aromatic heterocycles. The first kappa shape index (κ1) is 33.6. The molecule has 0 spiro atoms. The number of hydrogen-bond donors (Lipinski definition) is 2. The van der Waals surface area contributed by atoms with Gasteiger partial charge in [0.1, 0.15) is 0 Å². The third kappa shape index (κ3) is 7.45. The van der Waals surface area contributed by atoms with Crippen LogP contribution in [0.4, 0.5) is 26.3 Å². The van der Waals surface area contributed by atoms with Crippen molar-refractivity contribution in [2.75, 3.05) is 32.9 Å². The molecule has 5 rings (SSSR count). The Labute approximate surface area is 262 Å². The van der Waals surface area contributed by atoms with Crippen LogP contribution >= 0.6 is 0 Å². The van der Waals surface area contributed by atoms with E-state index < -0.39 is 42.2 Å². The quantitative estimate of drug-likeness (QED) is 0.300. The Morgan fingerprint density at radius 2 is 1.70 bits per heavy atom. The summed E-state index contributed by atoms with van der Waals surface area (Å²) in [5.74, 6) is -0.310. The number of nitrogens with zero attached hydrogens (tertiary/aromatic N) is 2. The molecule has 2 N–H and O–H groups in total.